The zero-order valence-electron chi connectivity index (χ0n) is 10.2. The van der Waals surface area contributed by atoms with Gasteiger partial charge in [-0.25, -0.2) is 4.79 Å². The number of esters is 1. The molecule has 0 aromatic heterocycles. The maximum absolute atomic E-state index is 11.7. The van der Waals surface area contributed by atoms with Gasteiger partial charge in [0.1, 0.15) is 6.10 Å². The van der Waals surface area contributed by atoms with Gasteiger partial charge < -0.3 is 4.74 Å². The fourth-order valence-electron chi connectivity index (χ4n) is 3.64. The van der Waals surface area contributed by atoms with Gasteiger partial charge in [-0.1, -0.05) is 30.4 Å². The van der Waals surface area contributed by atoms with E-state index in [4.69, 9.17) is 4.74 Å². The number of carbonyl (C=O) groups is 1. The minimum atomic E-state index is -0.202. The maximum Gasteiger partial charge on any atom is 0.334 e. The van der Waals surface area contributed by atoms with Gasteiger partial charge >= 0.3 is 5.97 Å². The highest BCUT2D eigenvalue weighted by Gasteiger charge is 2.49. The van der Waals surface area contributed by atoms with Gasteiger partial charge in [-0.3, -0.25) is 0 Å². The van der Waals surface area contributed by atoms with E-state index in [0.29, 0.717) is 17.4 Å². The van der Waals surface area contributed by atoms with Crippen LogP contribution in [0.1, 0.15) is 26.2 Å². The van der Waals surface area contributed by atoms with Crippen LogP contribution in [0.3, 0.4) is 0 Å². The lowest BCUT2D eigenvalue weighted by molar-refractivity contribution is -0.141. The van der Waals surface area contributed by atoms with Gasteiger partial charge in [0.05, 0.1) is 0 Å². The Bertz CT molecular complexity index is 444. The first-order valence-electron chi connectivity index (χ1n) is 6.33. The van der Waals surface area contributed by atoms with Gasteiger partial charge in [0.25, 0.3) is 0 Å². The monoisotopic (exact) mass is 230 g/mol. The third-order valence-corrected chi connectivity index (χ3v) is 4.66. The first kappa shape index (κ1) is 10.8. The Hall–Kier alpha value is -1.31. The molecule has 0 radical (unpaired) electrons. The lowest BCUT2D eigenvalue weighted by Gasteiger charge is -2.26. The van der Waals surface area contributed by atoms with E-state index in [1.807, 2.05) is 0 Å². The molecule has 0 amide bonds. The highest BCUT2D eigenvalue weighted by molar-refractivity contribution is 5.91. The predicted molar refractivity (Wildman–Crippen MR) is 66.2 cm³/mol. The van der Waals surface area contributed by atoms with E-state index in [1.165, 1.54) is 11.1 Å². The second kappa shape index (κ2) is 3.59. The molecule has 1 saturated carbocycles. The zero-order chi connectivity index (χ0) is 12.2. The summed E-state index contributed by atoms with van der Waals surface area (Å²) in [6, 6.07) is 0. The third kappa shape index (κ3) is 1.43. The summed E-state index contributed by atoms with van der Waals surface area (Å²) in [6.45, 7) is 10.3. The summed E-state index contributed by atoms with van der Waals surface area (Å²) in [7, 11) is 0. The Balaban J connectivity index is 2.03. The Kier molecular flexibility index (Phi) is 2.29. The van der Waals surface area contributed by atoms with Crippen LogP contribution in [0.5, 0.6) is 0 Å². The Labute approximate surface area is 102 Å². The van der Waals surface area contributed by atoms with Gasteiger partial charge in [-0.05, 0) is 32.1 Å². The average molecular weight is 230 g/mol. The van der Waals surface area contributed by atoms with E-state index in [1.54, 1.807) is 0 Å². The summed E-state index contributed by atoms with van der Waals surface area (Å²) >= 11 is 0. The van der Waals surface area contributed by atoms with E-state index in [9.17, 15) is 4.79 Å². The van der Waals surface area contributed by atoms with Crippen LogP contribution >= 0.6 is 0 Å². The first-order valence-corrected chi connectivity index (χ1v) is 6.33. The van der Waals surface area contributed by atoms with Crippen molar-refractivity contribution in [3.8, 4) is 0 Å². The summed E-state index contributed by atoms with van der Waals surface area (Å²) < 4.78 is 5.56. The van der Waals surface area contributed by atoms with Crippen LogP contribution in [0.25, 0.3) is 0 Å². The van der Waals surface area contributed by atoms with E-state index in [0.717, 1.165) is 19.3 Å². The van der Waals surface area contributed by atoms with Crippen LogP contribution in [0.4, 0.5) is 0 Å². The molecular weight excluding hydrogens is 212 g/mol. The molecule has 2 heteroatoms. The van der Waals surface area contributed by atoms with Gasteiger partial charge in [0.15, 0.2) is 0 Å². The molecule has 1 heterocycles. The Morgan fingerprint density at radius 1 is 1.35 bits per heavy atom. The van der Waals surface area contributed by atoms with E-state index in [-0.39, 0.29) is 18.0 Å². The number of allylic oxidation sites excluding steroid dienone is 2. The Morgan fingerprint density at radius 2 is 2.12 bits per heavy atom. The molecule has 1 aliphatic heterocycles. The lowest BCUT2D eigenvalue weighted by Crippen LogP contribution is -2.29. The summed E-state index contributed by atoms with van der Waals surface area (Å²) in [5.41, 5.74) is 3.34. The molecule has 0 bridgehead atoms. The van der Waals surface area contributed by atoms with Crippen molar-refractivity contribution in [1.82, 2.24) is 0 Å². The minimum Gasteiger partial charge on any atom is -0.458 e. The third-order valence-electron chi connectivity index (χ3n) is 4.66. The van der Waals surface area contributed by atoms with Crippen LogP contribution in [0.2, 0.25) is 0 Å². The van der Waals surface area contributed by atoms with Crippen LogP contribution < -0.4 is 0 Å². The number of hydrogen-bond donors (Lipinski definition) is 0. The maximum atomic E-state index is 11.7. The van der Waals surface area contributed by atoms with Gasteiger partial charge in [-0.15, -0.1) is 0 Å². The molecule has 17 heavy (non-hydrogen) atoms. The van der Waals surface area contributed by atoms with Crippen molar-refractivity contribution in [2.24, 2.45) is 17.8 Å². The normalized spacial score (nSPS) is 40.5. The van der Waals surface area contributed by atoms with Gasteiger partial charge in [0, 0.05) is 17.4 Å². The van der Waals surface area contributed by atoms with Crippen molar-refractivity contribution in [3.63, 3.8) is 0 Å². The molecule has 0 spiro atoms. The predicted octanol–water partition coefficient (Wildman–Crippen LogP) is 3.02. The summed E-state index contributed by atoms with van der Waals surface area (Å²) in [4.78, 5) is 11.7. The van der Waals surface area contributed by atoms with Gasteiger partial charge in [-0.2, -0.15) is 0 Å². The number of ether oxygens (including phenoxy) is 1. The SMILES string of the molecule is C=C1CC[C@@H]2C(C)=CC[C@@H]3C(=C)C(=O)O[C@@H]3[C@@H]12. The number of hydrogen-bond acceptors (Lipinski definition) is 2. The van der Waals surface area contributed by atoms with Crippen molar-refractivity contribution in [2.75, 3.05) is 0 Å². The standard InChI is InChI=1S/C15H18O2/c1-8-4-7-12-10(3)15(16)17-14(12)13-9(2)5-6-11(8)13/h4,11-14H,2-3,5-7H2,1H3/t11-,12-,13+,14+/m1/s1. The van der Waals surface area contributed by atoms with Crippen molar-refractivity contribution in [1.29, 1.82) is 0 Å². The smallest absolute Gasteiger partial charge is 0.334 e. The van der Waals surface area contributed by atoms with Crippen molar-refractivity contribution < 1.29 is 9.53 Å². The molecule has 3 rings (SSSR count). The highest BCUT2D eigenvalue weighted by Crippen LogP contribution is 2.50. The van der Waals surface area contributed by atoms with Crippen molar-refractivity contribution in [2.45, 2.75) is 32.3 Å². The van der Waals surface area contributed by atoms with E-state index in [2.05, 4.69) is 26.2 Å². The highest BCUT2D eigenvalue weighted by atomic mass is 16.6. The van der Waals surface area contributed by atoms with Gasteiger partial charge in [0.2, 0.25) is 0 Å². The molecule has 0 aromatic rings. The average Bonchev–Trinajstić information content (AvgIpc) is 2.75. The van der Waals surface area contributed by atoms with E-state index < -0.39 is 0 Å². The molecule has 2 fully saturated rings. The zero-order valence-corrected chi connectivity index (χ0v) is 10.2. The first-order chi connectivity index (χ1) is 8.09. The lowest BCUT2D eigenvalue weighted by atomic mass is 9.81. The Morgan fingerprint density at radius 3 is 2.88 bits per heavy atom. The minimum absolute atomic E-state index is 0.0105. The fourth-order valence-corrected chi connectivity index (χ4v) is 3.64. The molecule has 3 aliphatic rings. The molecular formula is C15H18O2. The molecule has 2 nitrogen and oxygen atoms in total. The fraction of sp³-hybridized carbons (Fsp3) is 0.533. The second-order valence-corrected chi connectivity index (χ2v) is 5.51. The topological polar surface area (TPSA) is 26.3 Å². The number of rotatable bonds is 0. The molecule has 4 atom stereocenters. The summed E-state index contributed by atoms with van der Waals surface area (Å²) in [6.07, 6.45) is 5.37. The van der Waals surface area contributed by atoms with Crippen LogP contribution in [-0.4, -0.2) is 12.1 Å². The van der Waals surface area contributed by atoms with Crippen LogP contribution in [0, 0.1) is 17.8 Å². The van der Waals surface area contributed by atoms with Crippen molar-refractivity contribution in [3.05, 3.63) is 36.0 Å². The largest absolute Gasteiger partial charge is 0.458 e. The molecule has 0 N–H and O–H groups in total. The number of carbonyl (C=O) groups excluding carboxylic acids is 1. The summed E-state index contributed by atoms with van der Waals surface area (Å²) in [5, 5.41) is 0. The molecule has 0 unspecified atom stereocenters. The molecule has 1 saturated heterocycles. The molecule has 2 aliphatic carbocycles. The van der Waals surface area contributed by atoms with E-state index >= 15 is 0 Å². The number of fused-ring (bicyclic) bond motifs is 3. The van der Waals surface area contributed by atoms with Crippen molar-refractivity contribution >= 4 is 5.97 Å². The quantitative estimate of drug-likeness (QED) is 0.363. The molecule has 0 aromatic carbocycles. The van der Waals surface area contributed by atoms with Crippen LogP contribution in [-0.2, 0) is 9.53 Å². The van der Waals surface area contributed by atoms with Crippen LogP contribution in [0.15, 0.2) is 36.0 Å². The molecule has 90 valence electrons. The summed E-state index contributed by atoms with van der Waals surface area (Å²) in [5.74, 6) is 0.812. The second-order valence-electron chi connectivity index (χ2n) is 5.51.